The summed E-state index contributed by atoms with van der Waals surface area (Å²) in [4.78, 5) is 12.1. The molecule has 3 N–H and O–H groups in total. The Morgan fingerprint density at radius 2 is 2.21 bits per heavy atom. The molecule has 1 aromatic carbocycles. The van der Waals surface area contributed by atoms with Crippen LogP contribution in [0.5, 0.6) is 0 Å². The second-order valence-corrected chi connectivity index (χ2v) is 6.25. The number of nitrogens with zero attached hydrogens (tertiary/aromatic N) is 3. The van der Waals surface area contributed by atoms with Crippen molar-refractivity contribution in [1.82, 2.24) is 14.9 Å². The first-order valence-corrected chi connectivity index (χ1v) is 8.34. The minimum atomic E-state index is -0.187. The first-order valence-electron chi connectivity index (χ1n) is 6.98. The first kappa shape index (κ1) is 16.4. The fourth-order valence-corrected chi connectivity index (χ4v) is 2.84. The van der Waals surface area contributed by atoms with Gasteiger partial charge in [0.2, 0.25) is 16.9 Å². The lowest BCUT2D eigenvalue weighted by atomic mass is 10.2. The van der Waals surface area contributed by atoms with Crippen LogP contribution in [0.3, 0.4) is 0 Å². The molecule has 3 rings (SSSR count). The minimum Gasteiger partial charge on any atom is -0.461 e. The average Bonchev–Trinajstić information content (AvgIpc) is 3.19. The highest BCUT2D eigenvalue weighted by atomic mass is 35.5. The number of nitrogen functional groups attached to an aromatic ring is 1. The molecule has 124 valence electrons. The quantitative estimate of drug-likeness (QED) is 0.534. The molecule has 0 bridgehead atoms. The van der Waals surface area contributed by atoms with Crippen molar-refractivity contribution in [2.75, 3.05) is 16.9 Å². The minimum absolute atomic E-state index is 0.138. The molecule has 0 aliphatic heterocycles. The van der Waals surface area contributed by atoms with Crippen LogP contribution in [0.4, 0.5) is 5.69 Å². The number of carbonyl (C=O) groups excluding carboxylic acids is 1. The number of carbonyl (C=O) groups is 1. The van der Waals surface area contributed by atoms with Gasteiger partial charge < -0.3 is 15.6 Å². The first-order chi connectivity index (χ1) is 11.6. The Morgan fingerprint density at radius 1 is 1.38 bits per heavy atom. The highest BCUT2D eigenvalue weighted by Gasteiger charge is 2.15. The average molecular weight is 364 g/mol. The van der Waals surface area contributed by atoms with Gasteiger partial charge in [0.25, 0.3) is 0 Å². The number of hydrogen-bond acceptors (Lipinski definition) is 6. The van der Waals surface area contributed by atoms with Gasteiger partial charge in [-0.1, -0.05) is 29.4 Å². The number of halogens is 1. The van der Waals surface area contributed by atoms with Gasteiger partial charge in [0, 0.05) is 10.7 Å². The van der Waals surface area contributed by atoms with E-state index in [9.17, 15) is 4.79 Å². The second-order valence-electron chi connectivity index (χ2n) is 4.90. The normalized spacial score (nSPS) is 10.8. The number of benzene rings is 1. The van der Waals surface area contributed by atoms with Gasteiger partial charge in [-0.25, -0.2) is 4.68 Å². The smallest absolute Gasteiger partial charge is 0.234 e. The van der Waals surface area contributed by atoms with Crippen LogP contribution in [-0.2, 0) is 4.79 Å². The van der Waals surface area contributed by atoms with Crippen molar-refractivity contribution in [2.24, 2.45) is 0 Å². The molecule has 9 heteroatoms. The molecule has 24 heavy (non-hydrogen) atoms. The molecule has 0 aliphatic rings. The SMILES string of the molecule is Cc1c(Cl)cccc1NC(=O)CSc1nnc(-c2ccco2)n1N. The third-order valence-corrected chi connectivity index (χ3v) is 4.63. The molecule has 2 heterocycles. The number of rotatable bonds is 5. The van der Waals surface area contributed by atoms with Crippen molar-refractivity contribution >= 4 is 35.0 Å². The van der Waals surface area contributed by atoms with Crippen molar-refractivity contribution < 1.29 is 9.21 Å². The highest BCUT2D eigenvalue weighted by Crippen LogP contribution is 2.24. The third-order valence-electron chi connectivity index (χ3n) is 3.28. The van der Waals surface area contributed by atoms with Gasteiger partial charge in [-0.3, -0.25) is 4.79 Å². The molecule has 1 amide bonds. The topological polar surface area (TPSA) is 99.0 Å². The fourth-order valence-electron chi connectivity index (χ4n) is 2.01. The van der Waals surface area contributed by atoms with Crippen LogP contribution in [0.1, 0.15) is 5.56 Å². The van der Waals surface area contributed by atoms with Crippen LogP contribution in [0.15, 0.2) is 46.2 Å². The van der Waals surface area contributed by atoms with Gasteiger partial charge in [-0.05, 0) is 36.8 Å². The fraction of sp³-hybridized carbons (Fsp3) is 0.133. The number of nitrogens with two attached hydrogens (primary N) is 1. The Balaban J connectivity index is 1.64. The summed E-state index contributed by atoms with van der Waals surface area (Å²) in [6.07, 6.45) is 1.53. The van der Waals surface area contributed by atoms with Crippen molar-refractivity contribution in [1.29, 1.82) is 0 Å². The lowest BCUT2D eigenvalue weighted by Crippen LogP contribution is -2.17. The lowest BCUT2D eigenvalue weighted by Gasteiger charge is -2.09. The summed E-state index contributed by atoms with van der Waals surface area (Å²) in [6, 6.07) is 8.82. The van der Waals surface area contributed by atoms with Crippen molar-refractivity contribution in [3.8, 4) is 11.6 Å². The van der Waals surface area contributed by atoms with E-state index in [0.29, 0.717) is 27.5 Å². The molecular weight excluding hydrogens is 350 g/mol. The summed E-state index contributed by atoms with van der Waals surface area (Å²) in [5, 5.41) is 11.8. The molecule has 0 atom stereocenters. The number of nitrogens with one attached hydrogen (secondary N) is 1. The van der Waals surface area contributed by atoms with E-state index >= 15 is 0 Å². The van der Waals surface area contributed by atoms with Gasteiger partial charge in [-0.15, -0.1) is 10.2 Å². The van der Waals surface area contributed by atoms with Crippen LogP contribution in [0.2, 0.25) is 5.02 Å². The van der Waals surface area contributed by atoms with Crippen LogP contribution in [-0.4, -0.2) is 26.5 Å². The van der Waals surface area contributed by atoms with E-state index in [1.54, 1.807) is 30.3 Å². The predicted octanol–water partition coefficient (Wildman–Crippen LogP) is 2.94. The summed E-state index contributed by atoms with van der Waals surface area (Å²) in [5.41, 5.74) is 1.50. The summed E-state index contributed by atoms with van der Waals surface area (Å²) in [7, 11) is 0. The Hall–Kier alpha value is -2.45. The molecule has 0 aliphatic carbocycles. The number of aromatic nitrogens is 3. The molecule has 7 nitrogen and oxygen atoms in total. The zero-order chi connectivity index (χ0) is 17.1. The molecule has 2 aromatic heterocycles. The van der Waals surface area contributed by atoms with Crippen LogP contribution in [0, 0.1) is 6.92 Å². The maximum atomic E-state index is 12.1. The van der Waals surface area contributed by atoms with Gasteiger partial charge in [0.1, 0.15) is 0 Å². The zero-order valence-corrected chi connectivity index (χ0v) is 14.3. The second kappa shape index (κ2) is 6.98. The van der Waals surface area contributed by atoms with Crippen molar-refractivity contribution in [3.63, 3.8) is 0 Å². The van der Waals surface area contributed by atoms with Crippen molar-refractivity contribution in [2.45, 2.75) is 12.1 Å². The van der Waals surface area contributed by atoms with Gasteiger partial charge in [-0.2, -0.15) is 0 Å². The van der Waals surface area contributed by atoms with E-state index in [0.717, 1.165) is 5.56 Å². The monoisotopic (exact) mass is 363 g/mol. The van der Waals surface area contributed by atoms with E-state index in [2.05, 4.69) is 15.5 Å². The van der Waals surface area contributed by atoms with Gasteiger partial charge >= 0.3 is 0 Å². The summed E-state index contributed by atoms with van der Waals surface area (Å²) in [6.45, 7) is 1.84. The molecule has 0 spiro atoms. The summed E-state index contributed by atoms with van der Waals surface area (Å²) >= 11 is 7.22. The Morgan fingerprint density at radius 3 is 2.96 bits per heavy atom. The van der Waals surface area contributed by atoms with E-state index < -0.39 is 0 Å². The Labute approximate surface area is 147 Å². The van der Waals surface area contributed by atoms with E-state index in [1.807, 2.05) is 6.92 Å². The maximum absolute atomic E-state index is 12.1. The van der Waals surface area contributed by atoms with Gasteiger partial charge in [0.05, 0.1) is 12.0 Å². The maximum Gasteiger partial charge on any atom is 0.234 e. The number of amides is 1. The summed E-state index contributed by atoms with van der Waals surface area (Å²) in [5.74, 6) is 6.80. The standard InChI is InChI=1S/C15H14ClN5O2S/c1-9-10(16)4-2-5-11(9)18-13(22)8-24-15-20-19-14(21(15)17)12-6-3-7-23-12/h2-7H,8,17H2,1H3,(H,18,22). The molecule has 0 unspecified atom stereocenters. The molecule has 0 saturated carbocycles. The Kier molecular flexibility index (Phi) is 4.77. The Bertz CT molecular complexity index is 863. The van der Waals surface area contributed by atoms with E-state index in [-0.39, 0.29) is 11.7 Å². The predicted molar refractivity (Wildman–Crippen MR) is 93.4 cm³/mol. The van der Waals surface area contributed by atoms with Crippen LogP contribution >= 0.6 is 23.4 Å². The van der Waals surface area contributed by atoms with Crippen LogP contribution < -0.4 is 11.2 Å². The summed E-state index contributed by atoms with van der Waals surface area (Å²) < 4.78 is 6.53. The largest absolute Gasteiger partial charge is 0.461 e. The van der Waals surface area contributed by atoms with Crippen LogP contribution in [0.25, 0.3) is 11.6 Å². The zero-order valence-electron chi connectivity index (χ0n) is 12.7. The number of anilines is 1. The molecule has 0 saturated heterocycles. The third kappa shape index (κ3) is 3.39. The number of thioether (sulfide) groups is 1. The molecule has 3 aromatic rings. The molecule has 0 radical (unpaired) electrons. The molecule has 0 fully saturated rings. The van der Waals surface area contributed by atoms with E-state index in [4.69, 9.17) is 21.9 Å². The highest BCUT2D eigenvalue weighted by molar-refractivity contribution is 7.99. The lowest BCUT2D eigenvalue weighted by molar-refractivity contribution is -0.113. The number of furan rings is 1. The van der Waals surface area contributed by atoms with Crippen molar-refractivity contribution in [3.05, 3.63) is 47.2 Å². The molecular formula is C15H14ClN5O2S. The number of hydrogen-bond donors (Lipinski definition) is 2. The van der Waals surface area contributed by atoms with Gasteiger partial charge in [0.15, 0.2) is 5.76 Å². The van der Waals surface area contributed by atoms with E-state index in [1.165, 1.54) is 22.7 Å².